The Morgan fingerprint density at radius 3 is 2.36 bits per heavy atom. The van der Waals surface area contributed by atoms with Gasteiger partial charge in [-0.05, 0) is 43.5 Å². The van der Waals surface area contributed by atoms with Crippen LogP contribution < -0.4 is 10.1 Å². The van der Waals surface area contributed by atoms with E-state index in [1.54, 1.807) is 29.2 Å². The first-order valence-electron chi connectivity index (χ1n) is 10.0. The standard InChI is InChI=1S/C21H30N2O5/c1-2-3-14-27-18-10-8-17(9-11-18)21(26)22-15-20(25)28-16-19(24)23-12-6-4-5-7-13-23/h8-11H,2-7,12-16H2,1H3,(H,22,26). The fourth-order valence-corrected chi connectivity index (χ4v) is 2.90. The van der Waals surface area contributed by atoms with Crippen LogP contribution in [0, 0.1) is 0 Å². The summed E-state index contributed by atoms with van der Waals surface area (Å²) in [4.78, 5) is 37.7. The highest BCUT2D eigenvalue weighted by Crippen LogP contribution is 2.13. The summed E-state index contributed by atoms with van der Waals surface area (Å²) in [6, 6.07) is 6.74. The Hall–Kier alpha value is -2.57. The van der Waals surface area contributed by atoms with E-state index < -0.39 is 5.97 Å². The van der Waals surface area contributed by atoms with E-state index in [4.69, 9.17) is 9.47 Å². The lowest BCUT2D eigenvalue weighted by atomic mass is 10.2. The van der Waals surface area contributed by atoms with Crippen LogP contribution in [0.15, 0.2) is 24.3 Å². The van der Waals surface area contributed by atoms with Crippen LogP contribution in [0.4, 0.5) is 0 Å². The van der Waals surface area contributed by atoms with Crippen molar-refractivity contribution in [3.05, 3.63) is 29.8 Å². The average Bonchev–Trinajstić information content (AvgIpc) is 3.00. The molecule has 28 heavy (non-hydrogen) atoms. The molecule has 0 aliphatic carbocycles. The third-order valence-corrected chi connectivity index (χ3v) is 4.59. The molecule has 1 aromatic carbocycles. The quantitative estimate of drug-likeness (QED) is 0.517. The molecular formula is C21H30N2O5. The van der Waals surface area contributed by atoms with Crippen molar-refractivity contribution >= 4 is 17.8 Å². The summed E-state index contributed by atoms with van der Waals surface area (Å²) in [5.74, 6) is -0.483. The normalized spacial score (nSPS) is 14.1. The van der Waals surface area contributed by atoms with Gasteiger partial charge in [0.15, 0.2) is 6.61 Å². The first-order valence-corrected chi connectivity index (χ1v) is 10.0. The summed E-state index contributed by atoms with van der Waals surface area (Å²) >= 11 is 0. The fourth-order valence-electron chi connectivity index (χ4n) is 2.90. The number of carbonyl (C=O) groups excluding carboxylic acids is 3. The van der Waals surface area contributed by atoms with Crippen molar-refractivity contribution in [1.29, 1.82) is 0 Å². The predicted molar refractivity (Wildman–Crippen MR) is 105 cm³/mol. The van der Waals surface area contributed by atoms with Crippen molar-refractivity contribution in [2.24, 2.45) is 0 Å². The summed E-state index contributed by atoms with van der Waals surface area (Å²) in [5, 5.41) is 2.50. The second kappa shape index (κ2) is 12.0. The predicted octanol–water partition coefficient (Wildman–Crippen LogP) is 2.54. The number of hydrogen-bond donors (Lipinski definition) is 1. The number of carbonyl (C=O) groups is 3. The molecule has 1 aromatic rings. The van der Waals surface area contributed by atoms with Crippen molar-refractivity contribution in [3.63, 3.8) is 0 Å². The number of rotatable bonds is 9. The minimum atomic E-state index is -0.629. The topological polar surface area (TPSA) is 84.9 Å². The molecule has 0 aromatic heterocycles. The van der Waals surface area contributed by atoms with Gasteiger partial charge in [-0.15, -0.1) is 0 Å². The molecule has 2 rings (SSSR count). The van der Waals surface area contributed by atoms with Gasteiger partial charge in [0.25, 0.3) is 11.8 Å². The van der Waals surface area contributed by atoms with Crippen LogP contribution in [0.2, 0.25) is 0 Å². The van der Waals surface area contributed by atoms with Crippen LogP contribution >= 0.6 is 0 Å². The average molecular weight is 390 g/mol. The monoisotopic (exact) mass is 390 g/mol. The van der Waals surface area contributed by atoms with E-state index in [0.29, 0.717) is 31.0 Å². The second-order valence-electron chi connectivity index (χ2n) is 6.86. The molecule has 0 atom stereocenters. The van der Waals surface area contributed by atoms with Crippen molar-refractivity contribution in [3.8, 4) is 5.75 Å². The molecule has 1 saturated heterocycles. The zero-order chi connectivity index (χ0) is 20.2. The number of ether oxygens (including phenoxy) is 2. The maximum Gasteiger partial charge on any atom is 0.325 e. The Morgan fingerprint density at radius 2 is 1.71 bits per heavy atom. The van der Waals surface area contributed by atoms with Crippen LogP contribution in [-0.4, -0.2) is 55.5 Å². The largest absolute Gasteiger partial charge is 0.494 e. The van der Waals surface area contributed by atoms with Gasteiger partial charge in [0.05, 0.1) is 6.61 Å². The highest BCUT2D eigenvalue weighted by atomic mass is 16.5. The van der Waals surface area contributed by atoms with E-state index in [2.05, 4.69) is 12.2 Å². The number of amides is 2. The number of nitrogens with one attached hydrogen (secondary N) is 1. The summed E-state index contributed by atoms with van der Waals surface area (Å²) in [6.07, 6.45) is 6.25. The maximum atomic E-state index is 12.1. The summed E-state index contributed by atoms with van der Waals surface area (Å²) < 4.78 is 10.5. The highest BCUT2D eigenvalue weighted by Gasteiger charge is 2.17. The van der Waals surface area contributed by atoms with Crippen molar-refractivity contribution in [1.82, 2.24) is 10.2 Å². The maximum absolute atomic E-state index is 12.1. The number of esters is 1. The Kier molecular flexibility index (Phi) is 9.31. The van der Waals surface area contributed by atoms with E-state index in [-0.39, 0.29) is 25.0 Å². The molecule has 1 heterocycles. The minimum Gasteiger partial charge on any atom is -0.494 e. The van der Waals surface area contributed by atoms with Crippen LogP contribution in [0.5, 0.6) is 5.75 Å². The van der Waals surface area contributed by atoms with E-state index in [1.807, 2.05) is 0 Å². The van der Waals surface area contributed by atoms with Gasteiger partial charge in [-0.1, -0.05) is 26.2 Å². The van der Waals surface area contributed by atoms with Crippen LogP contribution in [-0.2, 0) is 14.3 Å². The lowest BCUT2D eigenvalue weighted by molar-refractivity contribution is -0.151. The zero-order valence-corrected chi connectivity index (χ0v) is 16.6. The lowest BCUT2D eigenvalue weighted by Crippen LogP contribution is -2.37. The molecule has 7 heteroatoms. The van der Waals surface area contributed by atoms with Gasteiger partial charge < -0.3 is 19.7 Å². The smallest absolute Gasteiger partial charge is 0.325 e. The van der Waals surface area contributed by atoms with Gasteiger partial charge in [-0.3, -0.25) is 14.4 Å². The summed E-state index contributed by atoms with van der Waals surface area (Å²) in [6.45, 7) is 3.60. The van der Waals surface area contributed by atoms with E-state index >= 15 is 0 Å². The summed E-state index contributed by atoms with van der Waals surface area (Å²) in [7, 11) is 0. The molecule has 2 amide bonds. The molecule has 7 nitrogen and oxygen atoms in total. The molecule has 1 N–H and O–H groups in total. The number of benzene rings is 1. The first-order chi connectivity index (χ1) is 13.6. The number of likely N-dealkylation sites (tertiary alicyclic amines) is 1. The highest BCUT2D eigenvalue weighted by molar-refractivity contribution is 5.96. The second-order valence-corrected chi connectivity index (χ2v) is 6.86. The molecule has 0 bridgehead atoms. The van der Waals surface area contributed by atoms with Gasteiger partial charge in [0, 0.05) is 18.7 Å². The van der Waals surface area contributed by atoms with E-state index in [1.165, 1.54) is 0 Å². The molecule has 1 fully saturated rings. The molecular weight excluding hydrogens is 360 g/mol. The fraction of sp³-hybridized carbons (Fsp3) is 0.571. The van der Waals surface area contributed by atoms with Crippen molar-refractivity contribution in [2.45, 2.75) is 45.4 Å². The van der Waals surface area contributed by atoms with Crippen molar-refractivity contribution < 1.29 is 23.9 Å². The Labute approximate surface area is 166 Å². The van der Waals surface area contributed by atoms with Gasteiger partial charge in [-0.25, -0.2) is 0 Å². The number of hydrogen-bond acceptors (Lipinski definition) is 5. The molecule has 0 spiro atoms. The Morgan fingerprint density at radius 1 is 1.04 bits per heavy atom. The van der Waals surface area contributed by atoms with E-state index in [9.17, 15) is 14.4 Å². The Bertz CT molecular complexity index is 637. The zero-order valence-electron chi connectivity index (χ0n) is 16.6. The summed E-state index contributed by atoms with van der Waals surface area (Å²) in [5.41, 5.74) is 0.427. The molecule has 0 unspecified atom stereocenters. The number of nitrogens with zero attached hydrogens (tertiary/aromatic N) is 1. The van der Waals surface area contributed by atoms with Gasteiger partial charge in [0.2, 0.25) is 0 Å². The van der Waals surface area contributed by atoms with Crippen LogP contribution in [0.25, 0.3) is 0 Å². The lowest BCUT2D eigenvalue weighted by Gasteiger charge is -2.19. The number of unbranched alkanes of at least 4 members (excludes halogenated alkanes) is 1. The van der Waals surface area contributed by atoms with Crippen LogP contribution in [0.3, 0.4) is 0 Å². The van der Waals surface area contributed by atoms with E-state index in [0.717, 1.165) is 38.5 Å². The van der Waals surface area contributed by atoms with Gasteiger partial charge >= 0.3 is 5.97 Å². The van der Waals surface area contributed by atoms with Crippen molar-refractivity contribution in [2.75, 3.05) is 32.8 Å². The molecule has 0 radical (unpaired) electrons. The Balaban J connectivity index is 1.68. The molecule has 0 saturated carbocycles. The van der Waals surface area contributed by atoms with Gasteiger partial charge in [0.1, 0.15) is 12.3 Å². The SMILES string of the molecule is CCCCOc1ccc(C(=O)NCC(=O)OCC(=O)N2CCCCCC2)cc1. The minimum absolute atomic E-state index is 0.180. The third kappa shape index (κ3) is 7.58. The molecule has 154 valence electrons. The molecule has 1 aliphatic rings. The first kappa shape index (κ1) is 21.7. The molecule has 1 aliphatic heterocycles. The van der Waals surface area contributed by atoms with Gasteiger partial charge in [-0.2, -0.15) is 0 Å². The third-order valence-electron chi connectivity index (χ3n) is 4.59. The van der Waals surface area contributed by atoms with Crippen LogP contribution in [0.1, 0.15) is 55.8 Å².